The molecule has 78 valence electrons. The topological polar surface area (TPSA) is 42.7 Å². The molecule has 0 spiro atoms. The van der Waals surface area contributed by atoms with E-state index in [9.17, 15) is 0 Å². The molecule has 1 aliphatic rings. The Bertz CT molecular complexity index is 277. The molecule has 1 heterocycles. The lowest BCUT2D eigenvalue weighted by molar-refractivity contribution is 0.553. The van der Waals surface area contributed by atoms with Gasteiger partial charge in [0.25, 0.3) is 0 Å². The summed E-state index contributed by atoms with van der Waals surface area (Å²) >= 11 is 0. The summed E-state index contributed by atoms with van der Waals surface area (Å²) < 4.78 is 1.93. The number of aryl methyl sites for hydroxylation is 1. The SMILES string of the molecule is CCn1ncnc1CNCCC1CC1. The third kappa shape index (κ3) is 2.54. The number of nitrogens with zero attached hydrogens (tertiary/aromatic N) is 3. The molecule has 0 amide bonds. The fraction of sp³-hybridized carbons (Fsp3) is 0.800. The zero-order valence-electron chi connectivity index (χ0n) is 8.74. The zero-order valence-corrected chi connectivity index (χ0v) is 8.74. The molecule has 4 nitrogen and oxygen atoms in total. The van der Waals surface area contributed by atoms with Crippen molar-refractivity contribution >= 4 is 0 Å². The predicted octanol–water partition coefficient (Wildman–Crippen LogP) is 1.19. The second kappa shape index (κ2) is 4.55. The van der Waals surface area contributed by atoms with Gasteiger partial charge in [-0.25, -0.2) is 9.67 Å². The molecule has 1 aromatic rings. The van der Waals surface area contributed by atoms with Crippen LogP contribution in [0.1, 0.15) is 32.0 Å². The van der Waals surface area contributed by atoms with Crippen LogP contribution >= 0.6 is 0 Å². The molecule has 2 rings (SSSR count). The molecule has 14 heavy (non-hydrogen) atoms. The van der Waals surface area contributed by atoms with Crippen molar-refractivity contribution in [1.29, 1.82) is 0 Å². The molecule has 0 unspecified atom stereocenters. The highest BCUT2D eigenvalue weighted by molar-refractivity contribution is 4.83. The third-order valence-corrected chi connectivity index (χ3v) is 2.70. The smallest absolute Gasteiger partial charge is 0.140 e. The first-order chi connectivity index (χ1) is 6.90. The van der Waals surface area contributed by atoms with E-state index < -0.39 is 0 Å². The summed E-state index contributed by atoms with van der Waals surface area (Å²) in [5.41, 5.74) is 0. The second-order valence-electron chi connectivity index (χ2n) is 3.90. The van der Waals surface area contributed by atoms with Crippen LogP contribution in [-0.2, 0) is 13.1 Å². The van der Waals surface area contributed by atoms with Crippen LogP contribution in [0.4, 0.5) is 0 Å². The van der Waals surface area contributed by atoms with Gasteiger partial charge in [0.1, 0.15) is 12.2 Å². The van der Waals surface area contributed by atoms with Crippen molar-refractivity contribution in [2.24, 2.45) is 5.92 Å². The molecular weight excluding hydrogens is 176 g/mol. The highest BCUT2D eigenvalue weighted by Crippen LogP contribution is 2.31. The van der Waals surface area contributed by atoms with Crippen molar-refractivity contribution in [2.75, 3.05) is 6.54 Å². The summed E-state index contributed by atoms with van der Waals surface area (Å²) in [6, 6.07) is 0. The summed E-state index contributed by atoms with van der Waals surface area (Å²) in [4.78, 5) is 4.21. The normalized spacial score (nSPS) is 16.1. The molecule has 1 saturated carbocycles. The lowest BCUT2D eigenvalue weighted by Crippen LogP contribution is -2.18. The molecule has 4 heteroatoms. The van der Waals surface area contributed by atoms with Crippen molar-refractivity contribution in [3.63, 3.8) is 0 Å². The van der Waals surface area contributed by atoms with Gasteiger partial charge in [0.2, 0.25) is 0 Å². The maximum absolute atomic E-state index is 4.21. The lowest BCUT2D eigenvalue weighted by atomic mass is 10.3. The van der Waals surface area contributed by atoms with Gasteiger partial charge in [0, 0.05) is 6.54 Å². The average Bonchev–Trinajstić information content (AvgIpc) is 2.91. The number of nitrogens with one attached hydrogen (secondary N) is 1. The number of hydrogen-bond donors (Lipinski definition) is 1. The Labute approximate surface area is 84.7 Å². The van der Waals surface area contributed by atoms with E-state index in [1.54, 1.807) is 6.33 Å². The van der Waals surface area contributed by atoms with Crippen molar-refractivity contribution < 1.29 is 0 Å². The molecular formula is C10H18N4. The average molecular weight is 194 g/mol. The minimum absolute atomic E-state index is 0.848. The van der Waals surface area contributed by atoms with Crippen molar-refractivity contribution in [3.8, 4) is 0 Å². The fourth-order valence-corrected chi connectivity index (χ4v) is 1.60. The van der Waals surface area contributed by atoms with Gasteiger partial charge >= 0.3 is 0 Å². The Morgan fingerprint density at radius 2 is 2.43 bits per heavy atom. The van der Waals surface area contributed by atoms with Crippen LogP contribution in [0.3, 0.4) is 0 Å². The van der Waals surface area contributed by atoms with Crippen LogP contribution in [0.2, 0.25) is 0 Å². The van der Waals surface area contributed by atoms with Gasteiger partial charge in [-0.2, -0.15) is 5.10 Å². The standard InChI is InChI=1S/C10H18N4/c1-2-14-10(12-8-13-14)7-11-6-5-9-3-4-9/h8-9,11H,2-7H2,1H3. The summed E-state index contributed by atoms with van der Waals surface area (Å²) in [5, 5.41) is 7.54. The first-order valence-electron chi connectivity index (χ1n) is 5.47. The largest absolute Gasteiger partial charge is 0.310 e. The minimum atomic E-state index is 0.848. The van der Waals surface area contributed by atoms with Crippen LogP contribution in [0.15, 0.2) is 6.33 Å². The first-order valence-corrected chi connectivity index (χ1v) is 5.47. The maximum Gasteiger partial charge on any atom is 0.140 e. The van der Waals surface area contributed by atoms with E-state index >= 15 is 0 Å². The number of rotatable bonds is 6. The molecule has 0 atom stereocenters. The fourth-order valence-electron chi connectivity index (χ4n) is 1.60. The van der Waals surface area contributed by atoms with E-state index in [0.717, 1.165) is 31.4 Å². The Hall–Kier alpha value is -0.900. The molecule has 0 bridgehead atoms. The summed E-state index contributed by atoms with van der Waals surface area (Å²) in [6.07, 6.45) is 5.82. The van der Waals surface area contributed by atoms with Crippen molar-refractivity contribution in [1.82, 2.24) is 20.1 Å². The second-order valence-corrected chi connectivity index (χ2v) is 3.90. The van der Waals surface area contributed by atoms with E-state index in [0.29, 0.717) is 0 Å². The monoisotopic (exact) mass is 194 g/mol. The Morgan fingerprint density at radius 3 is 3.14 bits per heavy atom. The summed E-state index contributed by atoms with van der Waals surface area (Å²) in [7, 11) is 0. The van der Waals surface area contributed by atoms with Crippen LogP contribution < -0.4 is 5.32 Å². The Morgan fingerprint density at radius 1 is 1.57 bits per heavy atom. The highest BCUT2D eigenvalue weighted by Gasteiger charge is 2.19. The van der Waals surface area contributed by atoms with Gasteiger partial charge in [-0.15, -0.1) is 0 Å². The molecule has 1 aromatic heterocycles. The van der Waals surface area contributed by atoms with Gasteiger partial charge in [0.05, 0.1) is 6.54 Å². The molecule has 0 radical (unpaired) electrons. The van der Waals surface area contributed by atoms with Crippen molar-refractivity contribution in [3.05, 3.63) is 12.2 Å². The van der Waals surface area contributed by atoms with E-state index in [-0.39, 0.29) is 0 Å². The van der Waals surface area contributed by atoms with Crippen molar-refractivity contribution in [2.45, 2.75) is 39.3 Å². The van der Waals surface area contributed by atoms with E-state index in [2.05, 4.69) is 22.3 Å². The zero-order chi connectivity index (χ0) is 9.80. The predicted molar refractivity (Wildman–Crippen MR) is 54.7 cm³/mol. The van der Waals surface area contributed by atoms with Crippen LogP contribution in [0, 0.1) is 5.92 Å². The Kier molecular flexibility index (Phi) is 3.14. The molecule has 0 aromatic carbocycles. The molecule has 0 aliphatic heterocycles. The lowest BCUT2D eigenvalue weighted by Gasteiger charge is -2.04. The van der Waals surface area contributed by atoms with E-state index in [1.807, 2.05) is 4.68 Å². The van der Waals surface area contributed by atoms with Crippen LogP contribution in [0.25, 0.3) is 0 Å². The van der Waals surface area contributed by atoms with E-state index in [4.69, 9.17) is 0 Å². The molecule has 1 fully saturated rings. The van der Waals surface area contributed by atoms with Gasteiger partial charge in [-0.3, -0.25) is 0 Å². The quantitative estimate of drug-likeness (QED) is 0.692. The highest BCUT2D eigenvalue weighted by atomic mass is 15.3. The van der Waals surface area contributed by atoms with Gasteiger partial charge < -0.3 is 5.32 Å². The molecule has 1 aliphatic carbocycles. The minimum Gasteiger partial charge on any atom is -0.310 e. The number of aromatic nitrogens is 3. The van der Waals surface area contributed by atoms with Gasteiger partial charge in [-0.1, -0.05) is 12.8 Å². The third-order valence-electron chi connectivity index (χ3n) is 2.70. The van der Waals surface area contributed by atoms with Crippen LogP contribution in [0.5, 0.6) is 0 Å². The summed E-state index contributed by atoms with van der Waals surface area (Å²) in [6.45, 7) is 4.95. The molecule has 1 N–H and O–H groups in total. The van der Waals surface area contributed by atoms with Crippen LogP contribution in [-0.4, -0.2) is 21.3 Å². The van der Waals surface area contributed by atoms with Gasteiger partial charge in [0.15, 0.2) is 0 Å². The maximum atomic E-state index is 4.21. The van der Waals surface area contributed by atoms with Gasteiger partial charge in [-0.05, 0) is 25.8 Å². The summed E-state index contributed by atoms with van der Waals surface area (Å²) in [5.74, 6) is 2.05. The Balaban J connectivity index is 1.68. The first kappa shape index (κ1) is 9.65. The molecule has 0 saturated heterocycles. The number of hydrogen-bond acceptors (Lipinski definition) is 3. The van der Waals surface area contributed by atoms with E-state index in [1.165, 1.54) is 19.3 Å².